The molecule has 1 fully saturated rings. The van der Waals surface area contributed by atoms with E-state index in [1.54, 1.807) is 6.20 Å². The summed E-state index contributed by atoms with van der Waals surface area (Å²) in [6.07, 6.45) is 4.49. The molecule has 0 radical (unpaired) electrons. The largest absolute Gasteiger partial charge is 0.480 e. The summed E-state index contributed by atoms with van der Waals surface area (Å²) in [5.41, 5.74) is 0.783. The van der Waals surface area contributed by atoms with Crippen LogP contribution in [0.3, 0.4) is 0 Å². The van der Waals surface area contributed by atoms with E-state index in [9.17, 15) is 14.7 Å². The number of aliphatic carboxylic acids is 1. The number of aromatic amines is 1. The van der Waals surface area contributed by atoms with E-state index in [1.165, 1.54) is 11.2 Å². The molecule has 2 heterocycles. The van der Waals surface area contributed by atoms with Crippen LogP contribution in [-0.2, 0) is 11.3 Å². The fraction of sp³-hybridized carbons (Fsp3) is 0.583. The van der Waals surface area contributed by atoms with Crippen molar-refractivity contribution in [2.24, 2.45) is 5.92 Å². The Kier molecular flexibility index (Phi) is 4.03. The Balaban J connectivity index is 1.94. The number of hydrogen-bond donors (Lipinski definition) is 3. The lowest BCUT2D eigenvalue weighted by atomic mass is 9.93. The van der Waals surface area contributed by atoms with E-state index >= 15 is 0 Å². The average molecular weight is 266 g/mol. The molecule has 7 nitrogen and oxygen atoms in total. The first-order valence-electron chi connectivity index (χ1n) is 6.32. The molecule has 1 aliphatic heterocycles. The molecular formula is C12H18N4O3. The van der Waals surface area contributed by atoms with Gasteiger partial charge in [-0.05, 0) is 18.8 Å². The van der Waals surface area contributed by atoms with Crippen LogP contribution in [0.25, 0.3) is 0 Å². The van der Waals surface area contributed by atoms with Crippen LogP contribution in [0.15, 0.2) is 12.5 Å². The molecular weight excluding hydrogens is 248 g/mol. The van der Waals surface area contributed by atoms with Gasteiger partial charge in [-0.3, -0.25) is 0 Å². The highest BCUT2D eigenvalue weighted by Gasteiger charge is 2.34. The number of amides is 2. The molecule has 0 aliphatic carbocycles. The minimum Gasteiger partial charge on any atom is -0.480 e. The average Bonchev–Trinajstić information content (AvgIpc) is 2.88. The molecule has 2 atom stereocenters. The fourth-order valence-corrected chi connectivity index (χ4v) is 2.27. The maximum atomic E-state index is 12.0. The van der Waals surface area contributed by atoms with Gasteiger partial charge in [0.15, 0.2) is 0 Å². The number of likely N-dealkylation sites (tertiary alicyclic amines) is 1. The summed E-state index contributed by atoms with van der Waals surface area (Å²) < 4.78 is 0. The highest BCUT2D eigenvalue weighted by molar-refractivity contribution is 5.82. The standard InChI is InChI=1S/C12H18N4O3/c1-8-2-3-16(10(4-8)11(17)18)12(19)14-6-9-5-13-7-15-9/h5,7-8,10H,2-4,6H2,1H3,(H,13,15)(H,14,19)(H,17,18). The van der Waals surface area contributed by atoms with Crippen molar-refractivity contribution >= 4 is 12.0 Å². The molecule has 1 aromatic rings. The maximum Gasteiger partial charge on any atom is 0.326 e. The number of H-pyrrole nitrogens is 1. The molecule has 2 unspecified atom stereocenters. The summed E-state index contributed by atoms with van der Waals surface area (Å²) in [6.45, 7) is 2.81. The van der Waals surface area contributed by atoms with Crippen molar-refractivity contribution in [2.75, 3.05) is 6.54 Å². The number of carboxylic acids is 1. The summed E-state index contributed by atoms with van der Waals surface area (Å²) in [6, 6.07) is -1.07. The molecule has 2 rings (SSSR count). The van der Waals surface area contributed by atoms with E-state index in [-0.39, 0.29) is 6.03 Å². The SMILES string of the molecule is CC1CCN(C(=O)NCc2cnc[nH]2)C(C(=O)O)C1. The number of nitrogens with one attached hydrogen (secondary N) is 2. The van der Waals surface area contributed by atoms with E-state index < -0.39 is 12.0 Å². The van der Waals surface area contributed by atoms with Crippen LogP contribution in [0.2, 0.25) is 0 Å². The van der Waals surface area contributed by atoms with Crippen molar-refractivity contribution in [3.8, 4) is 0 Å². The minimum absolute atomic E-state index is 0.317. The van der Waals surface area contributed by atoms with E-state index in [0.717, 1.165) is 12.1 Å². The van der Waals surface area contributed by atoms with Crippen molar-refractivity contribution in [1.82, 2.24) is 20.2 Å². The maximum absolute atomic E-state index is 12.0. The summed E-state index contributed by atoms with van der Waals surface area (Å²) >= 11 is 0. The van der Waals surface area contributed by atoms with E-state index in [4.69, 9.17) is 0 Å². The van der Waals surface area contributed by atoms with Crippen LogP contribution in [0.4, 0.5) is 4.79 Å². The molecule has 1 saturated heterocycles. The number of urea groups is 1. The van der Waals surface area contributed by atoms with Gasteiger partial charge in [0.1, 0.15) is 6.04 Å². The Bertz CT molecular complexity index is 446. The Morgan fingerprint density at radius 3 is 3.05 bits per heavy atom. The third-order valence-electron chi connectivity index (χ3n) is 3.40. The van der Waals surface area contributed by atoms with Gasteiger partial charge in [-0.15, -0.1) is 0 Å². The Morgan fingerprint density at radius 1 is 1.63 bits per heavy atom. The van der Waals surface area contributed by atoms with Crippen molar-refractivity contribution in [3.63, 3.8) is 0 Å². The normalized spacial score (nSPS) is 23.1. The number of carbonyl (C=O) groups is 2. The van der Waals surface area contributed by atoms with E-state index in [0.29, 0.717) is 25.4 Å². The van der Waals surface area contributed by atoms with Gasteiger partial charge in [-0.2, -0.15) is 0 Å². The van der Waals surface area contributed by atoms with Gasteiger partial charge in [0, 0.05) is 12.7 Å². The molecule has 3 N–H and O–H groups in total. The fourth-order valence-electron chi connectivity index (χ4n) is 2.27. The summed E-state index contributed by atoms with van der Waals surface area (Å²) in [4.78, 5) is 31.4. The first kappa shape index (κ1) is 13.4. The number of aromatic nitrogens is 2. The van der Waals surface area contributed by atoms with Crippen molar-refractivity contribution in [1.29, 1.82) is 0 Å². The molecule has 104 valence electrons. The van der Waals surface area contributed by atoms with Crippen LogP contribution in [0.1, 0.15) is 25.5 Å². The van der Waals surface area contributed by atoms with Gasteiger partial charge in [-0.25, -0.2) is 14.6 Å². The zero-order valence-electron chi connectivity index (χ0n) is 10.8. The number of nitrogens with zero attached hydrogens (tertiary/aromatic N) is 2. The lowest BCUT2D eigenvalue weighted by Gasteiger charge is -2.35. The number of hydrogen-bond acceptors (Lipinski definition) is 3. The van der Waals surface area contributed by atoms with Crippen LogP contribution in [0, 0.1) is 5.92 Å². The zero-order chi connectivity index (χ0) is 13.8. The predicted octanol–water partition coefficient (Wildman–Crippen LogP) is 0.804. The second-order valence-corrected chi connectivity index (χ2v) is 4.91. The number of rotatable bonds is 3. The highest BCUT2D eigenvalue weighted by atomic mass is 16.4. The van der Waals surface area contributed by atoms with Crippen LogP contribution in [0.5, 0.6) is 0 Å². The Hall–Kier alpha value is -2.05. The molecule has 0 saturated carbocycles. The van der Waals surface area contributed by atoms with Gasteiger partial charge in [0.05, 0.1) is 18.6 Å². The number of imidazole rings is 1. The molecule has 0 bridgehead atoms. The van der Waals surface area contributed by atoms with E-state index in [2.05, 4.69) is 15.3 Å². The quantitative estimate of drug-likeness (QED) is 0.753. The van der Waals surface area contributed by atoms with E-state index in [1.807, 2.05) is 6.92 Å². The minimum atomic E-state index is -0.941. The summed E-state index contributed by atoms with van der Waals surface area (Å²) in [5, 5.41) is 11.9. The Labute approximate surface area is 111 Å². The predicted molar refractivity (Wildman–Crippen MR) is 67.4 cm³/mol. The molecule has 0 aromatic carbocycles. The highest BCUT2D eigenvalue weighted by Crippen LogP contribution is 2.22. The molecule has 19 heavy (non-hydrogen) atoms. The third-order valence-corrected chi connectivity index (χ3v) is 3.40. The van der Waals surface area contributed by atoms with Gasteiger partial charge in [-0.1, -0.05) is 6.92 Å². The van der Waals surface area contributed by atoms with Gasteiger partial charge in [0.2, 0.25) is 0 Å². The lowest BCUT2D eigenvalue weighted by Crippen LogP contribution is -2.53. The van der Waals surface area contributed by atoms with Crippen molar-refractivity contribution < 1.29 is 14.7 Å². The monoisotopic (exact) mass is 266 g/mol. The van der Waals surface area contributed by atoms with Gasteiger partial charge >= 0.3 is 12.0 Å². The van der Waals surface area contributed by atoms with Crippen LogP contribution in [-0.4, -0.2) is 44.6 Å². The third kappa shape index (κ3) is 3.24. The van der Waals surface area contributed by atoms with Crippen molar-refractivity contribution in [2.45, 2.75) is 32.4 Å². The summed E-state index contributed by atoms with van der Waals surface area (Å²) in [5.74, 6) is -0.610. The smallest absolute Gasteiger partial charge is 0.326 e. The first-order chi connectivity index (χ1) is 9.08. The van der Waals surface area contributed by atoms with Crippen LogP contribution >= 0.6 is 0 Å². The molecule has 2 amide bonds. The summed E-state index contributed by atoms with van der Waals surface area (Å²) in [7, 11) is 0. The van der Waals surface area contributed by atoms with Crippen LogP contribution < -0.4 is 5.32 Å². The number of piperidine rings is 1. The van der Waals surface area contributed by atoms with Crippen molar-refractivity contribution in [3.05, 3.63) is 18.2 Å². The molecule has 1 aromatic heterocycles. The molecule has 0 spiro atoms. The Morgan fingerprint density at radius 2 is 2.42 bits per heavy atom. The second-order valence-electron chi connectivity index (χ2n) is 4.91. The number of carboxylic acid groups (broad SMARTS) is 1. The van der Waals surface area contributed by atoms with Gasteiger partial charge < -0.3 is 20.3 Å². The second kappa shape index (κ2) is 5.73. The zero-order valence-corrected chi connectivity index (χ0v) is 10.8. The molecule has 7 heteroatoms. The van der Waals surface area contributed by atoms with Gasteiger partial charge in [0.25, 0.3) is 0 Å². The first-order valence-corrected chi connectivity index (χ1v) is 6.32. The number of carbonyl (C=O) groups excluding carboxylic acids is 1. The molecule has 1 aliphatic rings. The lowest BCUT2D eigenvalue weighted by molar-refractivity contribution is -0.143. The topological polar surface area (TPSA) is 98.3 Å².